The molecule has 0 aliphatic rings. The first-order valence-corrected chi connectivity index (χ1v) is 4.13. The first-order valence-electron chi connectivity index (χ1n) is 4.13. The number of hydrogen-bond acceptors (Lipinski definition) is 4. The van der Waals surface area contributed by atoms with E-state index in [0.29, 0.717) is 0 Å². The van der Waals surface area contributed by atoms with Crippen LogP contribution in [-0.2, 0) is 4.79 Å². The number of aromatic amines is 1. The van der Waals surface area contributed by atoms with Crippen molar-refractivity contribution in [3.8, 4) is 0 Å². The van der Waals surface area contributed by atoms with Gasteiger partial charge in [-0.2, -0.15) is 15.4 Å². The maximum absolute atomic E-state index is 11.6. The van der Waals surface area contributed by atoms with Gasteiger partial charge in [0.05, 0.1) is 6.20 Å². The summed E-state index contributed by atoms with van der Waals surface area (Å²) in [6.07, 6.45) is 2.68. The van der Waals surface area contributed by atoms with Crippen molar-refractivity contribution >= 4 is 11.9 Å². The summed E-state index contributed by atoms with van der Waals surface area (Å²) >= 11 is 0. The van der Waals surface area contributed by atoms with E-state index in [2.05, 4.69) is 22.0 Å². The molecule has 0 saturated heterocycles. The molecule has 0 fully saturated rings. The zero-order valence-corrected chi connectivity index (χ0v) is 7.88. The van der Waals surface area contributed by atoms with E-state index >= 15 is 0 Å². The van der Waals surface area contributed by atoms with Crippen molar-refractivity contribution in [2.45, 2.75) is 0 Å². The predicted octanol–water partition coefficient (Wildman–Crippen LogP) is -0.483. The van der Waals surface area contributed by atoms with Crippen molar-refractivity contribution in [1.82, 2.24) is 20.3 Å². The second-order valence-corrected chi connectivity index (χ2v) is 2.72. The van der Waals surface area contributed by atoms with Gasteiger partial charge in [-0.25, -0.2) is 0 Å². The second kappa shape index (κ2) is 4.89. The number of aromatic nitrogens is 3. The Hall–Kier alpha value is -2.18. The third-order valence-electron chi connectivity index (χ3n) is 1.60. The quantitative estimate of drug-likeness (QED) is 0.639. The fourth-order valence-electron chi connectivity index (χ4n) is 1.01. The van der Waals surface area contributed by atoms with Crippen LogP contribution >= 0.6 is 0 Å². The number of nitrogens with zero attached hydrogens (tertiary/aromatic N) is 3. The van der Waals surface area contributed by atoms with E-state index in [-0.39, 0.29) is 12.2 Å². The van der Waals surface area contributed by atoms with Gasteiger partial charge in [-0.15, -0.1) is 6.58 Å². The second-order valence-electron chi connectivity index (χ2n) is 2.72. The summed E-state index contributed by atoms with van der Waals surface area (Å²) in [7, 11) is 0. The van der Waals surface area contributed by atoms with Gasteiger partial charge < -0.3 is 10.0 Å². The molecule has 2 N–H and O–H groups in total. The molecule has 7 nitrogen and oxygen atoms in total. The number of H-pyrrole nitrogens is 1. The standard InChI is InChI=1S/C8H10N4O3/c1-2-3-12(5-7(13)14)8(15)6-4-9-11-10-6/h2,4H,1,3,5H2,(H,13,14)(H,9,10,11). The molecule has 0 bridgehead atoms. The number of aliphatic carboxylic acids is 1. The Morgan fingerprint density at radius 1 is 1.67 bits per heavy atom. The number of carboxylic acids is 1. The van der Waals surface area contributed by atoms with Crippen molar-refractivity contribution in [2.24, 2.45) is 0 Å². The summed E-state index contributed by atoms with van der Waals surface area (Å²) in [5, 5.41) is 17.9. The zero-order valence-electron chi connectivity index (χ0n) is 7.88. The van der Waals surface area contributed by atoms with E-state index in [1.807, 2.05) is 0 Å². The molecule has 1 amide bonds. The van der Waals surface area contributed by atoms with Gasteiger partial charge >= 0.3 is 5.97 Å². The normalized spacial score (nSPS) is 9.60. The van der Waals surface area contributed by atoms with Gasteiger partial charge in [-0.3, -0.25) is 9.59 Å². The Morgan fingerprint density at radius 2 is 2.40 bits per heavy atom. The Morgan fingerprint density at radius 3 is 2.87 bits per heavy atom. The van der Waals surface area contributed by atoms with Gasteiger partial charge in [0.15, 0.2) is 5.69 Å². The number of rotatable bonds is 5. The molecule has 0 unspecified atom stereocenters. The Bertz CT molecular complexity index is 360. The van der Waals surface area contributed by atoms with E-state index in [1.54, 1.807) is 0 Å². The van der Waals surface area contributed by atoms with Gasteiger partial charge in [-0.1, -0.05) is 6.08 Å². The molecule has 0 aliphatic carbocycles. The molecule has 1 rings (SSSR count). The molecule has 0 saturated carbocycles. The lowest BCUT2D eigenvalue weighted by molar-refractivity contribution is -0.137. The predicted molar refractivity (Wildman–Crippen MR) is 50.1 cm³/mol. The topological polar surface area (TPSA) is 99.2 Å². The first kappa shape index (κ1) is 10.9. The summed E-state index contributed by atoms with van der Waals surface area (Å²) in [4.78, 5) is 23.2. The summed E-state index contributed by atoms with van der Waals surface area (Å²) < 4.78 is 0. The van der Waals surface area contributed by atoms with E-state index in [9.17, 15) is 9.59 Å². The van der Waals surface area contributed by atoms with Gasteiger partial charge in [0.1, 0.15) is 6.54 Å². The lowest BCUT2D eigenvalue weighted by Gasteiger charge is -2.16. The summed E-state index contributed by atoms with van der Waals surface area (Å²) in [6, 6.07) is 0. The maximum Gasteiger partial charge on any atom is 0.323 e. The Labute approximate surface area is 85.4 Å². The smallest absolute Gasteiger partial charge is 0.323 e. The monoisotopic (exact) mass is 210 g/mol. The van der Waals surface area contributed by atoms with Crippen LogP contribution in [0.3, 0.4) is 0 Å². The van der Waals surface area contributed by atoms with Crippen LogP contribution in [0.15, 0.2) is 18.9 Å². The van der Waals surface area contributed by atoms with Crippen LogP contribution in [0.25, 0.3) is 0 Å². The number of nitrogens with one attached hydrogen (secondary N) is 1. The van der Waals surface area contributed by atoms with Gasteiger partial charge in [0.2, 0.25) is 0 Å². The molecule has 1 heterocycles. The van der Waals surface area contributed by atoms with Gasteiger partial charge in [0.25, 0.3) is 5.91 Å². The SMILES string of the molecule is C=CCN(CC(=O)O)C(=O)c1cn[nH]n1. The largest absolute Gasteiger partial charge is 0.480 e. The average Bonchev–Trinajstić information content (AvgIpc) is 2.68. The van der Waals surface area contributed by atoms with E-state index in [1.165, 1.54) is 12.3 Å². The fraction of sp³-hybridized carbons (Fsp3) is 0.250. The van der Waals surface area contributed by atoms with Crippen LogP contribution in [0.5, 0.6) is 0 Å². The lowest BCUT2D eigenvalue weighted by Crippen LogP contribution is -2.36. The Kier molecular flexibility index (Phi) is 3.55. The molecule has 1 aromatic heterocycles. The number of carbonyl (C=O) groups excluding carboxylic acids is 1. The van der Waals surface area contributed by atoms with Crippen LogP contribution in [0.4, 0.5) is 0 Å². The number of carbonyl (C=O) groups is 2. The van der Waals surface area contributed by atoms with Gasteiger partial charge in [0, 0.05) is 6.54 Å². The molecule has 7 heteroatoms. The number of amides is 1. The minimum atomic E-state index is -1.09. The summed E-state index contributed by atoms with van der Waals surface area (Å²) in [6.45, 7) is 3.20. The minimum absolute atomic E-state index is 0.0816. The van der Waals surface area contributed by atoms with Crippen molar-refractivity contribution in [3.63, 3.8) is 0 Å². The maximum atomic E-state index is 11.6. The van der Waals surface area contributed by atoms with Crippen molar-refractivity contribution < 1.29 is 14.7 Å². The highest BCUT2D eigenvalue weighted by Gasteiger charge is 2.19. The highest BCUT2D eigenvalue weighted by atomic mass is 16.4. The van der Waals surface area contributed by atoms with Crippen LogP contribution in [-0.4, -0.2) is 50.4 Å². The third-order valence-corrected chi connectivity index (χ3v) is 1.60. The van der Waals surface area contributed by atoms with Crippen LogP contribution in [0, 0.1) is 0 Å². The van der Waals surface area contributed by atoms with Gasteiger partial charge in [-0.05, 0) is 0 Å². The number of carboxylic acid groups (broad SMARTS) is 1. The minimum Gasteiger partial charge on any atom is -0.480 e. The molecule has 15 heavy (non-hydrogen) atoms. The number of hydrogen-bond donors (Lipinski definition) is 2. The van der Waals surface area contributed by atoms with Crippen molar-refractivity contribution in [3.05, 3.63) is 24.5 Å². The molecular weight excluding hydrogens is 200 g/mol. The lowest BCUT2D eigenvalue weighted by atomic mass is 10.3. The van der Waals surface area contributed by atoms with Crippen molar-refractivity contribution in [1.29, 1.82) is 0 Å². The van der Waals surface area contributed by atoms with Crippen LogP contribution in [0.2, 0.25) is 0 Å². The fourth-order valence-corrected chi connectivity index (χ4v) is 1.01. The molecular formula is C8H10N4O3. The molecule has 0 aliphatic heterocycles. The molecule has 0 radical (unpaired) electrons. The summed E-state index contributed by atoms with van der Waals surface area (Å²) in [5.41, 5.74) is 0.0816. The molecule has 0 aromatic carbocycles. The van der Waals surface area contributed by atoms with E-state index in [4.69, 9.17) is 5.11 Å². The third kappa shape index (κ3) is 2.90. The van der Waals surface area contributed by atoms with Crippen molar-refractivity contribution in [2.75, 3.05) is 13.1 Å². The highest BCUT2D eigenvalue weighted by Crippen LogP contribution is 1.99. The van der Waals surface area contributed by atoms with E-state index in [0.717, 1.165) is 4.90 Å². The molecule has 80 valence electrons. The molecule has 0 spiro atoms. The highest BCUT2D eigenvalue weighted by molar-refractivity contribution is 5.93. The average molecular weight is 210 g/mol. The molecule has 1 aromatic rings. The van der Waals surface area contributed by atoms with Crippen LogP contribution < -0.4 is 0 Å². The van der Waals surface area contributed by atoms with Crippen LogP contribution in [0.1, 0.15) is 10.5 Å². The summed E-state index contributed by atoms with van der Waals surface area (Å²) in [5.74, 6) is -1.58. The molecule has 0 atom stereocenters. The van der Waals surface area contributed by atoms with E-state index < -0.39 is 18.4 Å². The Balaban J connectivity index is 2.75. The first-order chi connectivity index (χ1) is 7.15. The zero-order chi connectivity index (χ0) is 11.3.